The molecule has 0 aliphatic rings. The molecule has 0 unspecified atom stereocenters. The molecule has 0 radical (unpaired) electrons. The minimum atomic E-state index is -0.118. The van der Waals surface area contributed by atoms with Crippen LogP contribution in [0.3, 0.4) is 0 Å². The lowest BCUT2D eigenvalue weighted by Crippen LogP contribution is -2.20. The van der Waals surface area contributed by atoms with E-state index in [4.69, 9.17) is 11.6 Å². The van der Waals surface area contributed by atoms with E-state index in [2.05, 4.69) is 5.32 Å². The van der Waals surface area contributed by atoms with Gasteiger partial charge in [0.05, 0.1) is 0 Å². The molecule has 0 fully saturated rings. The molecule has 20 heavy (non-hydrogen) atoms. The van der Waals surface area contributed by atoms with Crippen LogP contribution in [0.4, 0.5) is 5.69 Å². The molecule has 0 bridgehead atoms. The number of carbonyl (C=O) groups excluding carboxylic acids is 1. The molecule has 1 N–H and O–H groups in total. The lowest BCUT2D eigenvalue weighted by Gasteiger charge is -2.09. The minimum Gasteiger partial charge on any atom is -0.326 e. The van der Waals surface area contributed by atoms with Gasteiger partial charge in [-0.15, -0.1) is 0 Å². The predicted octanol–water partition coefficient (Wildman–Crippen LogP) is 3.21. The fourth-order valence-corrected chi connectivity index (χ4v) is 2.86. The van der Waals surface area contributed by atoms with Crippen molar-refractivity contribution in [3.05, 3.63) is 49.5 Å². The van der Waals surface area contributed by atoms with Gasteiger partial charge in [-0.1, -0.05) is 22.9 Å². The molecule has 1 aromatic carbocycles. The van der Waals surface area contributed by atoms with Crippen LogP contribution in [0.1, 0.15) is 17.7 Å². The first-order valence-corrected chi connectivity index (χ1v) is 7.44. The fraction of sp³-hybridized carbons (Fsp3) is 0.286. The van der Waals surface area contributed by atoms with Crippen LogP contribution in [0.5, 0.6) is 0 Å². The molecular weight excluding hydrogens is 296 g/mol. The van der Waals surface area contributed by atoms with Crippen molar-refractivity contribution in [1.82, 2.24) is 4.57 Å². The first-order valence-electron chi connectivity index (χ1n) is 6.18. The highest BCUT2D eigenvalue weighted by Gasteiger charge is 2.08. The van der Waals surface area contributed by atoms with E-state index in [1.54, 1.807) is 28.1 Å². The summed E-state index contributed by atoms with van der Waals surface area (Å²) in [7, 11) is 0. The standard InChI is InChI=1S/C14H15ClN2O2S/c1-9-7-11(15)3-4-12(9)16-13(18)5-6-17-10(2)8-20-14(17)19/h3-4,7-8H,5-6H2,1-2H3,(H,16,18). The average Bonchev–Trinajstić information content (AvgIpc) is 2.70. The Hall–Kier alpha value is -1.59. The average molecular weight is 311 g/mol. The van der Waals surface area contributed by atoms with Gasteiger partial charge in [0.1, 0.15) is 0 Å². The number of halogens is 1. The highest BCUT2D eigenvalue weighted by atomic mass is 35.5. The quantitative estimate of drug-likeness (QED) is 0.942. The van der Waals surface area contributed by atoms with Crippen LogP contribution in [0.25, 0.3) is 0 Å². The molecule has 1 amide bonds. The Morgan fingerprint density at radius 2 is 2.15 bits per heavy atom. The molecule has 0 aliphatic heterocycles. The van der Waals surface area contributed by atoms with Gasteiger partial charge < -0.3 is 9.88 Å². The summed E-state index contributed by atoms with van der Waals surface area (Å²) < 4.78 is 1.61. The van der Waals surface area contributed by atoms with Crippen LogP contribution in [0, 0.1) is 13.8 Å². The molecule has 0 aliphatic carbocycles. The van der Waals surface area contributed by atoms with Gasteiger partial charge in [0.25, 0.3) is 0 Å². The molecule has 4 nitrogen and oxygen atoms in total. The Morgan fingerprint density at radius 1 is 1.40 bits per heavy atom. The summed E-state index contributed by atoms with van der Waals surface area (Å²) in [5, 5.41) is 5.26. The third kappa shape index (κ3) is 3.49. The number of nitrogens with zero attached hydrogens (tertiary/aromatic N) is 1. The van der Waals surface area contributed by atoms with Crippen molar-refractivity contribution in [2.45, 2.75) is 26.8 Å². The lowest BCUT2D eigenvalue weighted by molar-refractivity contribution is -0.116. The van der Waals surface area contributed by atoms with Gasteiger partial charge in [0.15, 0.2) is 0 Å². The summed E-state index contributed by atoms with van der Waals surface area (Å²) in [5.41, 5.74) is 2.54. The van der Waals surface area contributed by atoms with E-state index >= 15 is 0 Å². The maximum absolute atomic E-state index is 11.9. The second kappa shape index (κ2) is 6.24. The second-order valence-corrected chi connectivity index (χ2v) is 5.81. The molecule has 106 valence electrons. The topological polar surface area (TPSA) is 51.1 Å². The van der Waals surface area contributed by atoms with Gasteiger partial charge in [-0.3, -0.25) is 9.59 Å². The second-order valence-electron chi connectivity index (χ2n) is 4.55. The monoisotopic (exact) mass is 310 g/mol. The number of hydrogen-bond donors (Lipinski definition) is 1. The van der Waals surface area contributed by atoms with Gasteiger partial charge in [-0.2, -0.15) is 0 Å². The molecule has 0 saturated carbocycles. The number of benzene rings is 1. The Morgan fingerprint density at radius 3 is 2.75 bits per heavy atom. The Kier molecular flexibility index (Phi) is 4.62. The number of nitrogens with one attached hydrogen (secondary N) is 1. The first kappa shape index (κ1) is 14.8. The normalized spacial score (nSPS) is 10.6. The molecule has 6 heteroatoms. The number of rotatable bonds is 4. The van der Waals surface area contributed by atoms with Crippen molar-refractivity contribution in [2.75, 3.05) is 5.32 Å². The summed E-state index contributed by atoms with van der Waals surface area (Å²) in [6, 6.07) is 5.31. The number of aryl methyl sites for hydroxylation is 2. The van der Waals surface area contributed by atoms with Crippen LogP contribution < -0.4 is 10.2 Å². The Bertz CT molecular complexity index is 691. The largest absolute Gasteiger partial charge is 0.326 e. The van der Waals surface area contributed by atoms with Crippen LogP contribution in [-0.2, 0) is 11.3 Å². The predicted molar refractivity (Wildman–Crippen MR) is 82.8 cm³/mol. The number of hydrogen-bond acceptors (Lipinski definition) is 3. The third-order valence-corrected chi connectivity index (χ3v) is 4.12. The Balaban J connectivity index is 1.98. The number of carbonyl (C=O) groups is 1. The maximum atomic E-state index is 11.9. The third-order valence-electron chi connectivity index (χ3n) is 3.00. The molecule has 0 spiro atoms. The van der Waals surface area contributed by atoms with Crippen molar-refractivity contribution in [2.24, 2.45) is 0 Å². The van der Waals surface area contributed by atoms with Gasteiger partial charge in [-0.25, -0.2) is 0 Å². The van der Waals surface area contributed by atoms with E-state index in [1.165, 1.54) is 0 Å². The maximum Gasteiger partial charge on any atom is 0.307 e. The van der Waals surface area contributed by atoms with E-state index in [1.807, 2.05) is 13.8 Å². The first-order chi connectivity index (χ1) is 9.47. The fourth-order valence-electron chi connectivity index (χ4n) is 1.87. The minimum absolute atomic E-state index is 0.0297. The summed E-state index contributed by atoms with van der Waals surface area (Å²) in [4.78, 5) is 23.4. The van der Waals surface area contributed by atoms with E-state index in [0.717, 1.165) is 28.3 Å². The summed E-state index contributed by atoms with van der Waals surface area (Å²) >= 11 is 7.02. The zero-order valence-corrected chi connectivity index (χ0v) is 12.8. The zero-order valence-electron chi connectivity index (χ0n) is 11.3. The summed E-state index contributed by atoms with van der Waals surface area (Å²) in [5.74, 6) is -0.118. The van der Waals surface area contributed by atoms with Crippen molar-refractivity contribution in [3.63, 3.8) is 0 Å². The van der Waals surface area contributed by atoms with Gasteiger partial charge in [0.2, 0.25) is 5.91 Å². The molecule has 0 atom stereocenters. The van der Waals surface area contributed by atoms with Gasteiger partial charge >= 0.3 is 4.87 Å². The highest BCUT2D eigenvalue weighted by molar-refractivity contribution is 7.07. The smallest absolute Gasteiger partial charge is 0.307 e. The SMILES string of the molecule is Cc1cc(Cl)ccc1NC(=O)CCn1c(C)csc1=O. The molecule has 0 saturated heterocycles. The van der Waals surface area contributed by atoms with E-state index in [0.29, 0.717) is 11.6 Å². The highest BCUT2D eigenvalue weighted by Crippen LogP contribution is 2.19. The van der Waals surface area contributed by atoms with Crippen LogP contribution in [0.15, 0.2) is 28.4 Å². The van der Waals surface area contributed by atoms with Crippen molar-refractivity contribution >= 4 is 34.5 Å². The number of aromatic nitrogens is 1. The number of thiazole rings is 1. The zero-order chi connectivity index (χ0) is 14.7. The summed E-state index contributed by atoms with van der Waals surface area (Å²) in [6.45, 7) is 4.14. The van der Waals surface area contributed by atoms with Gasteiger partial charge in [0, 0.05) is 34.7 Å². The summed E-state index contributed by atoms with van der Waals surface area (Å²) in [6.07, 6.45) is 0.263. The lowest BCUT2D eigenvalue weighted by atomic mass is 10.2. The van der Waals surface area contributed by atoms with Crippen molar-refractivity contribution in [1.29, 1.82) is 0 Å². The molecule has 2 rings (SSSR count). The van der Waals surface area contributed by atoms with Crippen LogP contribution in [0.2, 0.25) is 5.02 Å². The molecule has 2 aromatic rings. The van der Waals surface area contributed by atoms with E-state index < -0.39 is 0 Å². The molecular formula is C14H15ClN2O2S. The van der Waals surface area contributed by atoms with E-state index in [-0.39, 0.29) is 17.2 Å². The van der Waals surface area contributed by atoms with Crippen LogP contribution >= 0.6 is 22.9 Å². The van der Waals surface area contributed by atoms with Gasteiger partial charge in [-0.05, 0) is 37.6 Å². The van der Waals surface area contributed by atoms with Crippen molar-refractivity contribution in [3.8, 4) is 0 Å². The van der Waals surface area contributed by atoms with Crippen molar-refractivity contribution < 1.29 is 4.79 Å². The number of amides is 1. The Labute approximate surface area is 126 Å². The number of anilines is 1. The van der Waals surface area contributed by atoms with Crippen LogP contribution in [-0.4, -0.2) is 10.5 Å². The molecule has 1 heterocycles. The molecule has 1 aromatic heterocycles. The van der Waals surface area contributed by atoms with E-state index in [9.17, 15) is 9.59 Å².